The van der Waals surface area contributed by atoms with Crippen LogP contribution in [-0.4, -0.2) is 78.2 Å². The average Bonchev–Trinajstić information content (AvgIpc) is 2.76. The van der Waals surface area contributed by atoms with Crippen LogP contribution in [0.4, 0.5) is 4.79 Å². The lowest BCUT2D eigenvalue weighted by Crippen LogP contribution is -2.66. The summed E-state index contributed by atoms with van der Waals surface area (Å²) in [5.74, 6) is 0.0229. The number of hydrogen-bond acceptors (Lipinski definition) is 4. The van der Waals surface area contributed by atoms with Crippen LogP contribution in [-0.2, 0) is 9.63 Å². The SMILES string of the molecule is CCCCON1C(=O)N2C[C@H]1CC[C@H]2C(=O)NC1CC2(C1)CN(C)C2. The largest absolute Gasteiger partial charge is 0.352 e. The number of nitrogens with one attached hydrogen (secondary N) is 1. The summed E-state index contributed by atoms with van der Waals surface area (Å²) < 4.78 is 0. The average molecular weight is 350 g/mol. The van der Waals surface area contributed by atoms with Gasteiger partial charge >= 0.3 is 6.03 Å². The van der Waals surface area contributed by atoms with Gasteiger partial charge in [0.05, 0.1) is 12.6 Å². The Morgan fingerprint density at radius 2 is 2.08 bits per heavy atom. The molecule has 3 amide bonds. The maximum atomic E-state index is 12.7. The highest BCUT2D eigenvalue weighted by Crippen LogP contribution is 2.47. The second-order valence-electron chi connectivity index (χ2n) is 8.48. The van der Waals surface area contributed by atoms with Crippen molar-refractivity contribution in [3.8, 4) is 0 Å². The number of urea groups is 1. The Morgan fingerprint density at radius 3 is 2.76 bits per heavy atom. The zero-order valence-corrected chi connectivity index (χ0v) is 15.4. The molecule has 0 aromatic rings. The molecule has 4 fully saturated rings. The van der Waals surface area contributed by atoms with E-state index in [0.717, 1.165) is 51.6 Å². The first kappa shape index (κ1) is 17.1. The van der Waals surface area contributed by atoms with Crippen LogP contribution in [0.1, 0.15) is 45.4 Å². The molecule has 25 heavy (non-hydrogen) atoms. The van der Waals surface area contributed by atoms with Gasteiger partial charge in [-0.25, -0.2) is 4.79 Å². The van der Waals surface area contributed by atoms with Crippen LogP contribution < -0.4 is 5.32 Å². The molecule has 3 saturated heterocycles. The van der Waals surface area contributed by atoms with E-state index in [4.69, 9.17) is 4.84 Å². The Hall–Kier alpha value is -1.34. The van der Waals surface area contributed by atoms with E-state index < -0.39 is 0 Å². The van der Waals surface area contributed by atoms with Crippen molar-refractivity contribution in [2.24, 2.45) is 5.41 Å². The normalized spacial score (nSPS) is 31.2. The number of hydrogen-bond donors (Lipinski definition) is 1. The van der Waals surface area contributed by atoms with E-state index in [1.54, 1.807) is 4.90 Å². The monoisotopic (exact) mass is 350 g/mol. The molecular weight excluding hydrogens is 320 g/mol. The van der Waals surface area contributed by atoms with Crippen LogP contribution in [0.2, 0.25) is 0 Å². The predicted molar refractivity (Wildman–Crippen MR) is 92.7 cm³/mol. The van der Waals surface area contributed by atoms with Gasteiger partial charge in [-0.3, -0.25) is 9.63 Å². The van der Waals surface area contributed by atoms with E-state index in [-0.39, 0.29) is 30.1 Å². The molecule has 0 unspecified atom stereocenters. The van der Waals surface area contributed by atoms with Crippen LogP contribution >= 0.6 is 0 Å². The van der Waals surface area contributed by atoms with Crippen LogP contribution in [0, 0.1) is 5.41 Å². The molecule has 1 spiro atoms. The van der Waals surface area contributed by atoms with Gasteiger partial charge < -0.3 is 15.1 Å². The summed E-state index contributed by atoms with van der Waals surface area (Å²) in [5, 5.41) is 4.70. The van der Waals surface area contributed by atoms with Crippen molar-refractivity contribution in [1.82, 2.24) is 20.2 Å². The molecule has 0 radical (unpaired) electrons. The number of fused-ring (bicyclic) bond motifs is 2. The van der Waals surface area contributed by atoms with Gasteiger partial charge in [0.2, 0.25) is 5.91 Å². The molecule has 7 nitrogen and oxygen atoms in total. The molecule has 3 aliphatic heterocycles. The topological polar surface area (TPSA) is 65.1 Å². The minimum Gasteiger partial charge on any atom is -0.352 e. The Kier molecular flexibility index (Phi) is 4.40. The summed E-state index contributed by atoms with van der Waals surface area (Å²) in [4.78, 5) is 35.0. The second kappa shape index (κ2) is 6.43. The highest BCUT2D eigenvalue weighted by molar-refractivity contribution is 5.88. The first-order chi connectivity index (χ1) is 12.0. The maximum absolute atomic E-state index is 12.7. The van der Waals surface area contributed by atoms with Crippen molar-refractivity contribution in [2.75, 3.05) is 33.3 Å². The van der Waals surface area contributed by atoms with E-state index in [0.29, 0.717) is 18.6 Å². The first-order valence-electron chi connectivity index (χ1n) is 9.73. The van der Waals surface area contributed by atoms with Gasteiger partial charge in [-0.1, -0.05) is 13.3 Å². The Labute approximate surface area is 149 Å². The molecule has 1 saturated carbocycles. The van der Waals surface area contributed by atoms with Crippen molar-refractivity contribution in [3.05, 3.63) is 0 Å². The van der Waals surface area contributed by atoms with Crippen LogP contribution in [0.25, 0.3) is 0 Å². The quantitative estimate of drug-likeness (QED) is 0.731. The lowest BCUT2D eigenvalue weighted by atomic mass is 9.61. The van der Waals surface area contributed by atoms with Crippen molar-refractivity contribution < 1.29 is 14.4 Å². The number of likely N-dealkylation sites (tertiary alicyclic amines) is 1. The molecule has 140 valence electrons. The molecule has 1 N–H and O–H groups in total. The fourth-order valence-corrected chi connectivity index (χ4v) is 5.12. The molecule has 2 atom stereocenters. The number of nitrogens with zero attached hydrogens (tertiary/aromatic N) is 3. The summed E-state index contributed by atoms with van der Waals surface area (Å²) in [7, 11) is 2.14. The molecule has 0 aromatic heterocycles. The minimum atomic E-state index is -0.330. The smallest absolute Gasteiger partial charge is 0.345 e. The summed E-state index contributed by atoms with van der Waals surface area (Å²) in [6.07, 6.45) is 5.72. The fraction of sp³-hybridized carbons (Fsp3) is 0.889. The predicted octanol–water partition coefficient (Wildman–Crippen LogP) is 1.20. The Balaban J connectivity index is 1.29. The van der Waals surface area contributed by atoms with Gasteiger partial charge in [0.15, 0.2) is 0 Å². The van der Waals surface area contributed by atoms with Crippen molar-refractivity contribution in [2.45, 2.75) is 63.6 Å². The second-order valence-corrected chi connectivity index (χ2v) is 8.48. The van der Waals surface area contributed by atoms with Gasteiger partial charge in [-0.15, -0.1) is 0 Å². The Bertz CT molecular complexity index is 540. The van der Waals surface area contributed by atoms with E-state index in [1.807, 2.05) is 0 Å². The number of piperidine rings is 1. The number of carbonyl (C=O) groups excluding carboxylic acids is 2. The first-order valence-corrected chi connectivity index (χ1v) is 9.73. The number of carbonyl (C=O) groups is 2. The molecule has 7 heteroatoms. The molecule has 1 aliphatic carbocycles. The lowest BCUT2D eigenvalue weighted by molar-refractivity contribution is -0.132. The fourth-order valence-electron chi connectivity index (χ4n) is 5.12. The summed E-state index contributed by atoms with van der Waals surface area (Å²) in [5.41, 5.74) is 0.456. The van der Waals surface area contributed by atoms with Crippen molar-refractivity contribution in [1.29, 1.82) is 0 Å². The summed E-state index contributed by atoms with van der Waals surface area (Å²) in [6, 6.07) is -0.0759. The van der Waals surface area contributed by atoms with Gasteiger partial charge in [0.1, 0.15) is 6.04 Å². The third-order valence-corrected chi connectivity index (χ3v) is 6.27. The van der Waals surface area contributed by atoms with Gasteiger partial charge in [-0.05, 0) is 44.6 Å². The number of unbranched alkanes of at least 4 members (excludes halogenated alkanes) is 1. The third-order valence-electron chi connectivity index (χ3n) is 6.27. The van der Waals surface area contributed by atoms with Gasteiger partial charge in [-0.2, -0.15) is 5.06 Å². The Morgan fingerprint density at radius 1 is 1.32 bits per heavy atom. The third kappa shape index (κ3) is 3.01. The zero-order valence-electron chi connectivity index (χ0n) is 15.4. The van der Waals surface area contributed by atoms with Crippen molar-refractivity contribution in [3.63, 3.8) is 0 Å². The summed E-state index contributed by atoms with van der Waals surface area (Å²) in [6.45, 7) is 5.59. The standard InChI is InChI=1S/C18H30N4O3/c1-3-4-7-25-22-14-5-6-15(21(10-14)17(22)24)16(23)19-13-8-18(9-13)11-20(2)12-18/h13-15H,3-12H2,1-2H3,(H,19,23)/t14-,15+/m1/s1. The molecule has 2 bridgehead atoms. The van der Waals surface area contributed by atoms with Crippen LogP contribution in [0.5, 0.6) is 0 Å². The van der Waals surface area contributed by atoms with E-state index in [1.165, 1.54) is 5.06 Å². The van der Waals surface area contributed by atoms with Crippen LogP contribution in [0.15, 0.2) is 0 Å². The molecule has 4 rings (SSSR count). The molecule has 4 aliphatic rings. The minimum absolute atomic E-state index is 0.0229. The maximum Gasteiger partial charge on any atom is 0.345 e. The van der Waals surface area contributed by atoms with Gasteiger partial charge in [0, 0.05) is 25.7 Å². The summed E-state index contributed by atoms with van der Waals surface area (Å²) >= 11 is 0. The number of amides is 3. The molecular formula is C18H30N4O3. The molecule has 3 heterocycles. The van der Waals surface area contributed by atoms with Gasteiger partial charge in [0.25, 0.3) is 0 Å². The zero-order chi connectivity index (χ0) is 17.6. The number of rotatable bonds is 6. The number of hydroxylamine groups is 2. The van der Waals surface area contributed by atoms with Crippen molar-refractivity contribution >= 4 is 11.9 Å². The highest BCUT2D eigenvalue weighted by atomic mass is 16.7. The lowest BCUT2D eigenvalue weighted by Gasteiger charge is -2.58. The van der Waals surface area contributed by atoms with E-state index in [9.17, 15) is 9.59 Å². The van der Waals surface area contributed by atoms with E-state index in [2.05, 4.69) is 24.2 Å². The highest BCUT2D eigenvalue weighted by Gasteiger charge is 2.53. The van der Waals surface area contributed by atoms with E-state index >= 15 is 0 Å². The van der Waals surface area contributed by atoms with Crippen LogP contribution in [0.3, 0.4) is 0 Å². The molecule has 0 aromatic carbocycles.